The van der Waals surface area contributed by atoms with E-state index in [1.165, 1.54) is 0 Å². The molecule has 0 amide bonds. The van der Waals surface area contributed by atoms with E-state index >= 15 is 0 Å². The molecular formula is C6H9F3O2S. The summed E-state index contributed by atoms with van der Waals surface area (Å²) in [5, 5.41) is -1.19. The van der Waals surface area contributed by atoms with E-state index in [0.717, 1.165) is 6.92 Å². The van der Waals surface area contributed by atoms with Gasteiger partial charge in [-0.05, 0) is 25.6 Å². The molecule has 6 heteroatoms. The second-order valence-corrected chi connectivity index (χ2v) is 3.36. The van der Waals surface area contributed by atoms with Gasteiger partial charge in [0.05, 0.1) is 6.61 Å². The molecule has 0 aromatic rings. The lowest BCUT2D eigenvalue weighted by Gasteiger charge is -2.11. The molecule has 0 aromatic carbocycles. The van der Waals surface area contributed by atoms with Gasteiger partial charge in [0.2, 0.25) is 0 Å². The summed E-state index contributed by atoms with van der Waals surface area (Å²) >= 11 is -0.370. The van der Waals surface area contributed by atoms with Crippen LogP contribution in [0, 0.1) is 0 Å². The molecule has 0 radical (unpaired) electrons. The Hall–Kier alpha value is -0.390. The van der Waals surface area contributed by atoms with E-state index in [4.69, 9.17) is 0 Å². The normalized spacial score (nSPS) is 14.1. The van der Waals surface area contributed by atoms with Gasteiger partial charge in [-0.3, -0.25) is 4.79 Å². The molecule has 0 saturated heterocycles. The molecule has 0 aliphatic carbocycles. The standard InChI is InChI=1S/C6H9F3O2S/c1-3-11-5(10)4(2)12-6(7,8)9/h4H,3H2,1-2H3. The Morgan fingerprint density at radius 3 is 2.42 bits per heavy atom. The Morgan fingerprint density at radius 2 is 2.08 bits per heavy atom. The Labute approximate surface area is 72.5 Å². The van der Waals surface area contributed by atoms with Crippen molar-refractivity contribution in [3.63, 3.8) is 0 Å². The molecule has 1 atom stereocenters. The maximum Gasteiger partial charge on any atom is 0.442 e. The molecule has 2 nitrogen and oxygen atoms in total. The van der Waals surface area contributed by atoms with Crippen molar-refractivity contribution < 1.29 is 22.7 Å². The van der Waals surface area contributed by atoms with Gasteiger partial charge < -0.3 is 4.74 Å². The third-order valence-electron chi connectivity index (χ3n) is 0.929. The van der Waals surface area contributed by atoms with Gasteiger partial charge >= 0.3 is 11.5 Å². The molecule has 1 unspecified atom stereocenters. The Kier molecular flexibility index (Phi) is 4.44. The van der Waals surface area contributed by atoms with Crippen molar-refractivity contribution in [2.45, 2.75) is 24.6 Å². The SMILES string of the molecule is CCOC(=O)C(C)SC(F)(F)F. The molecule has 0 rings (SSSR count). The van der Waals surface area contributed by atoms with E-state index in [2.05, 4.69) is 4.74 Å². The highest BCUT2D eigenvalue weighted by Crippen LogP contribution is 2.34. The van der Waals surface area contributed by atoms with E-state index in [1.807, 2.05) is 0 Å². The average Bonchev–Trinajstić information content (AvgIpc) is 1.84. The van der Waals surface area contributed by atoms with Gasteiger partial charge in [-0.2, -0.15) is 13.2 Å². The predicted octanol–water partition coefficient (Wildman–Crippen LogP) is 2.19. The van der Waals surface area contributed by atoms with Gasteiger partial charge in [-0.15, -0.1) is 0 Å². The monoisotopic (exact) mass is 202 g/mol. The summed E-state index contributed by atoms with van der Waals surface area (Å²) in [4.78, 5) is 10.7. The molecule has 0 aliphatic rings. The van der Waals surface area contributed by atoms with Gasteiger partial charge in [0.25, 0.3) is 0 Å². The predicted molar refractivity (Wildman–Crippen MR) is 39.7 cm³/mol. The maximum atomic E-state index is 11.7. The maximum absolute atomic E-state index is 11.7. The molecule has 0 heterocycles. The number of carbonyl (C=O) groups is 1. The van der Waals surface area contributed by atoms with Gasteiger partial charge in [-0.1, -0.05) is 0 Å². The smallest absolute Gasteiger partial charge is 0.442 e. The molecule has 72 valence electrons. The first kappa shape index (κ1) is 11.6. The lowest BCUT2D eigenvalue weighted by atomic mass is 10.5. The van der Waals surface area contributed by atoms with E-state index in [1.54, 1.807) is 6.92 Å². The number of carbonyl (C=O) groups excluding carboxylic acids is 1. The Morgan fingerprint density at radius 1 is 1.58 bits per heavy atom. The summed E-state index contributed by atoms with van der Waals surface area (Å²) in [6.45, 7) is 2.81. The molecule has 0 fully saturated rings. The van der Waals surface area contributed by atoms with Crippen molar-refractivity contribution in [1.29, 1.82) is 0 Å². The van der Waals surface area contributed by atoms with Crippen LogP contribution in [0.3, 0.4) is 0 Å². The highest BCUT2D eigenvalue weighted by atomic mass is 32.2. The van der Waals surface area contributed by atoms with E-state index in [0.29, 0.717) is 0 Å². The second-order valence-electron chi connectivity index (χ2n) is 1.96. The zero-order valence-electron chi connectivity index (χ0n) is 6.64. The Balaban J connectivity index is 3.87. The summed E-state index contributed by atoms with van der Waals surface area (Å²) in [5.41, 5.74) is -4.38. The van der Waals surface area contributed by atoms with Crippen LogP contribution >= 0.6 is 11.8 Å². The van der Waals surface area contributed by atoms with Crippen molar-refractivity contribution >= 4 is 17.7 Å². The molecule has 0 aliphatic heterocycles. The minimum atomic E-state index is -4.38. The van der Waals surface area contributed by atoms with Crippen LogP contribution in [0.1, 0.15) is 13.8 Å². The fourth-order valence-electron chi connectivity index (χ4n) is 0.508. The van der Waals surface area contributed by atoms with Gasteiger partial charge in [0.1, 0.15) is 5.25 Å². The topological polar surface area (TPSA) is 26.3 Å². The van der Waals surface area contributed by atoms with E-state index in [9.17, 15) is 18.0 Å². The highest BCUT2D eigenvalue weighted by molar-refractivity contribution is 8.01. The lowest BCUT2D eigenvalue weighted by Crippen LogP contribution is -2.20. The summed E-state index contributed by atoms with van der Waals surface area (Å²) in [6, 6.07) is 0. The van der Waals surface area contributed by atoms with Crippen molar-refractivity contribution in [2.24, 2.45) is 0 Å². The largest absolute Gasteiger partial charge is 0.465 e. The van der Waals surface area contributed by atoms with Crippen LogP contribution in [0.15, 0.2) is 0 Å². The second kappa shape index (κ2) is 4.59. The Bertz CT molecular complexity index is 157. The highest BCUT2D eigenvalue weighted by Gasteiger charge is 2.34. The summed E-state index contributed by atoms with van der Waals surface area (Å²) in [7, 11) is 0. The van der Waals surface area contributed by atoms with Crippen molar-refractivity contribution in [3.8, 4) is 0 Å². The summed E-state index contributed by atoms with van der Waals surface area (Å²) in [6.07, 6.45) is 0. The van der Waals surface area contributed by atoms with Gasteiger partial charge in [0.15, 0.2) is 0 Å². The number of hydrogen-bond donors (Lipinski definition) is 0. The summed E-state index contributed by atoms with van der Waals surface area (Å²) < 4.78 is 39.4. The molecule has 0 aromatic heterocycles. The number of alkyl halides is 3. The van der Waals surface area contributed by atoms with Crippen LogP contribution in [0.4, 0.5) is 13.2 Å². The zero-order valence-corrected chi connectivity index (χ0v) is 7.46. The average molecular weight is 202 g/mol. The van der Waals surface area contributed by atoms with Crippen molar-refractivity contribution in [1.82, 2.24) is 0 Å². The summed E-state index contributed by atoms with van der Waals surface area (Å²) in [5.74, 6) is -0.833. The van der Waals surface area contributed by atoms with Crippen LogP contribution < -0.4 is 0 Å². The van der Waals surface area contributed by atoms with Gasteiger partial charge in [-0.25, -0.2) is 0 Å². The number of halogens is 3. The first-order valence-electron chi connectivity index (χ1n) is 3.28. The van der Waals surface area contributed by atoms with Crippen LogP contribution in [0.5, 0.6) is 0 Å². The van der Waals surface area contributed by atoms with Crippen LogP contribution in [0.25, 0.3) is 0 Å². The molecule has 12 heavy (non-hydrogen) atoms. The van der Waals surface area contributed by atoms with Crippen LogP contribution in [-0.2, 0) is 9.53 Å². The molecule has 0 saturated carbocycles. The van der Waals surface area contributed by atoms with E-state index < -0.39 is 16.7 Å². The number of esters is 1. The number of rotatable bonds is 3. The number of ether oxygens (including phenoxy) is 1. The van der Waals surface area contributed by atoms with Gasteiger partial charge in [0, 0.05) is 0 Å². The minimum Gasteiger partial charge on any atom is -0.465 e. The number of hydrogen-bond acceptors (Lipinski definition) is 3. The number of thioether (sulfide) groups is 1. The van der Waals surface area contributed by atoms with Crippen LogP contribution in [-0.4, -0.2) is 23.3 Å². The lowest BCUT2D eigenvalue weighted by molar-refractivity contribution is -0.142. The fraction of sp³-hybridized carbons (Fsp3) is 0.833. The zero-order chi connectivity index (χ0) is 9.78. The molecule has 0 spiro atoms. The minimum absolute atomic E-state index is 0.0988. The third kappa shape index (κ3) is 5.29. The van der Waals surface area contributed by atoms with Crippen molar-refractivity contribution in [3.05, 3.63) is 0 Å². The van der Waals surface area contributed by atoms with Crippen molar-refractivity contribution in [2.75, 3.05) is 6.61 Å². The fourth-order valence-corrected chi connectivity index (χ4v) is 1.07. The molecule has 0 N–H and O–H groups in total. The quantitative estimate of drug-likeness (QED) is 0.656. The third-order valence-corrected chi connectivity index (χ3v) is 1.74. The first-order valence-corrected chi connectivity index (χ1v) is 4.16. The van der Waals surface area contributed by atoms with E-state index in [-0.39, 0.29) is 18.4 Å². The molecular weight excluding hydrogens is 193 g/mol. The van der Waals surface area contributed by atoms with Crippen LogP contribution in [0.2, 0.25) is 0 Å². The first-order chi connectivity index (χ1) is 5.37. The molecule has 0 bridgehead atoms.